The van der Waals surface area contributed by atoms with E-state index in [-0.39, 0.29) is 16.3 Å². The van der Waals surface area contributed by atoms with E-state index < -0.39 is 16.8 Å². The van der Waals surface area contributed by atoms with E-state index in [4.69, 9.17) is 20.8 Å². The van der Waals surface area contributed by atoms with Crippen molar-refractivity contribution >= 4 is 62.6 Å². The van der Waals surface area contributed by atoms with Crippen LogP contribution in [0.25, 0.3) is 16.4 Å². The Kier molecular flexibility index (Phi) is 4.92. The average molecular weight is 445 g/mol. The summed E-state index contributed by atoms with van der Waals surface area (Å²) in [5, 5.41) is 14.7. The number of ether oxygens (including phenoxy) is 1. The zero-order chi connectivity index (χ0) is 21.6. The molecule has 0 fully saturated rings. The summed E-state index contributed by atoms with van der Waals surface area (Å²) in [6.45, 7) is 1.67. The van der Waals surface area contributed by atoms with E-state index in [1.54, 1.807) is 25.1 Å². The molecule has 3 aromatic rings. The quantitative estimate of drug-likeness (QED) is 0.608. The summed E-state index contributed by atoms with van der Waals surface area (Å²) in [6, 6.07) is 7.58. The van der Waals surface area contributed by atoms with Gasteiger partial charge in [-0.1, -0.05) is 22.9 Å². The van der Waals surface area contributed by atoms with Gasteiger partial charge in [0.05, 0.1) is 39.4 Å². The van der Waals surface area contributed by atoms with Crippen molar-refractivity contribution in [3.63, 3.8) is 0 Å². The molecule has 4 rings (SSSR count). The number of fused-ring (bicyclic) bond motifs is 1. The zero-order valence-corrected chi connectivity index (χ0v) is 17.2. The second-order valence-corrected chi connectivity index (χ2v) is 7.72. The molecule has 1 N–H and O–H groups in total. The van der Waals surface area contributed by atoms with Gasteiger partial charge in [0, 0.05) is 0 Å². The molecule has 2 heterocycles. The van der Waals surface area contributed by atoms with E-state index >= 15 is 0 Å². The predicted molar refractivity (Wildman–Crippen MR) is 114 cm³/mol. The molecule has 30 heavy (non-hydrogen) atoms. The molecule has 0 unspecified atom stereocenters. The third kappa shape index (κ3) is 3.38. The van der Waals surface area contributed by atoms with Gasteiger partial charge in [-0.3, -0.25) is 4.79 Å². The van der Waals surface area contributed by atoms with E-state index in [1.807, 2.05) is 0 Å². The van der Waals surface area contributed by atoms with Crippen molar-refractivity contribution in [1.82, 2.24) is 0 Å². The number of hydrogen-bond acceptors (Lipinski definition) is 7. The molecule has 152 valence electrons. The minimum Gasteiger partial charge on any atom is -0.493 e. The normalized spacial score (nSPS) is 15.2. The lowest BCUT2D eigenvalue weighted by Crippen LogP contribution is -2.21. The molecule has 2 aromatic carbocycles. The highest BCUT2D eigenvalue weighted by Crippen LogP contribution is 2.32. The molecule has 0 aliphatic carbocycles. The van der Waals surface area contributed by atoms with Crippen LogP contribution >= 0.6 is 22.9 Å². The molecule has 0 saturated carbocycles. The first-order valence-corrected chi connectivity index (χ1v) is 9.74. The van der Waals surface area contributed by atoms with Crippen LogP contribution < -0.4 is 14.7 Å². The minimum absolute atomic E-state index is 0.0638. The molecule has 10 heteroatoms. The molecule has 1 aliphatic heterocycles. The summed E-state index contributed by atoms with van der Waals surface area (Å²) in [7, 11) is 1.46. The largest absolute Gasteiger partial charge is 0.493 e. The second-order valence-electron chi connectivity index (χ2n) is 6.33. The molecule has 1 amide bonds. The van der Waals surface area contributed by atoms with Crippen LogP contribution in [0.4, 0.5) is 5.69 Å². The Hall–Kier alpha value is -3.43. The number of carbonyl (C=O) groups excluding carboxylic acids is 1. The maximum atomic E-state index is 13.0. The Morgan fingerprint density at radius 1 is 1.30 bits per heavy atom. The monoisotopic (exact) mass is 444 g/mol. The number of carboxylic acids is 1. The number of carboxylic acid groups (broad SMARTS) is 1. The lowest BCUT2D eigenvalue weighted by Gasteiger charge is -2.13. The fourth-order valence-electron chi connectivity index (χ4n) is 3.04. The lowest BCUT2D eigenvalue weighted by molar-refractivity contribution is -0.114. The van der Waals surface area contributed by atoms with Crippen molar-refractivity contribution in [2.45, 2.75) is 6.92 Å². The maximum Gasteiger partial charge on any atom is 0.396 e. The van der Waals surface area contributed by atoms with Crippen LogP contribution in [-0.2, 0) is 4.79 Å². The summed E-state index contributed by atoms with van der Waals surface area (Å²) in [5.74, 6) is -1.26. The molecule has 1 aliphatic rings. The smallest absolute Gasteiger partial charge is 0.396 e. The van der Waals surface area contributed by atoms with Crippen molar-refractivity contribution in [1.29, 1.82) is 0 Å². The van der Waals surface area contributed by atoms with E-state index in [0.717, 1.165) is 16.3 Å². The number of benzene rings is 2. The van der Waals surface area contributed by atoms with Gasteiger partial charge in [0.2, 0.25) is 0 Å². The number of rotatable bonds is 4. The number of carbonyl (C=O) groups is 2. The molecule has 8 nitrogen and oxygen atoms in total. The first-order valence-electron chi connectivity index (χ1n) is 8.54. The predicted octanol–water partition coefficient (Wildman–Crippen LogP) is 4.02. The number of nitrogens with zero attached hydrogens (tertiary/aromatic N) is 2. The Labute approximate surface area is 178 Å². The number of amides is 1. The standard InChI is InChI=1S/C20H13ClN2O6S/c1-9-12(5-10-6-15(28-2)17-16(7-10)30-20(27)29-17)18(24)23(22-9)11-3-4-14(21)13(8-11)19(25)26/h3-8H,1-2H3,(H,25,26)/b12-5+. The van der Waals surface area contributed by atoms with Crippen molar-refractivity contribution < 1.29 is 23.8 Å². The summed E-state index contributed by atoms with van der Waals surface area (Å²) in [6.07, 6.45) is 1.63. The Bertz CT molecular complexity index is 1340. The fraction of sp³-hybridized carbons (Fsp3) is 0.100. The van der Waals surface area contributed by atoms with E-state index in [0.29, 0.717) is 32.9 Å². The maximum absolute atomic E-state index is 13.0. The number of aromatic carboxylic acids is 1. The third-order valence-electron chi connectivity index (χ3n) is 4.44. The van der Waals surface area contributed by atoms with Crippen LogP contribution in [0, 0.1) is 0 Å². The molecule has 0 atom stereocenters. The van der Waals surface area contributed by atoms with Gasteiger partial charge in [-0.05, 0) is 48.9 Å². The first kappa shape index (κ1) is 19.9. The molecular weight excluding hydrogens is 432 g/mol. The molecule has 0 spiro atoms. The topological polar surface area (TPSA) is 109 Å². The number of methoxy groups -OCH3 is 1. The summed E-state index contributed by atoms with van der Waals surface area (Å²) >= 11 is 6.84. The van der Waals surface area contributed by atoms with Crippen molar-refractivity contribution in [2.75, 3.05) is 12.1 Å². The highest BCUT2D eigenvalue weighted by molar-refractivity contribution is 7.16. The SMILES string of the molecule is COc1cc(/C=C2/C(=O)N(c3ccc(Cl)c(C(=O)O)c3)N=C2C)cc2sc(=O)oc12. The van der Waals surface area contributed by atoms with E-state index in [1.165, 1.54) is 25.3 Å². The van der Waals surface area contributed by atoms with Gasteiger partial charge < -0.3 is 14.3 Å². The Balaban J connectivity index is 1.75. The average Bonchev–Trinajstić information content (AvgIpc) is 3.21. The lowest BCUT2D eigenvalue weighted by atomic mass is 10.1. The molecule has 0 radical (unpaired) electrons. The van der Waals surface area contributed by atoms with Gasteiger partial charge in [-0.15, -0.1) is 0 Å². The van der Waals surface area contributed by atoms with Crippen LogP contribution in [0.5, 0.6) is 5.75 Å². The summed E-state index contributed by atoms with van der Waals surface area (Å²) in [4.78, 5) is 35.4. The zero-order valence-electron chi connectivity index (χ0n) is 15.6. The van der Waals surface area contributed by atoms with Crippen LogP contribution in [0.15, 0.2) is 50.2 Å². The van der Waals surface area contributed by atoms with Crippen molar-refractivity contribution in [2.24, 2.45) is 5.10 Å². The van der Waals surface area contributed by atoms with Crippen LogP contribution in [0.1, 0.15) is 22.8 Å². The van der Waals surface area contributed by atoms with Gasteiger partial charge >= 0.3 is 10.9 Å². The van der Waals surface area contributed by atoms with Crippen LogP contribution in [-0.4, -0.2) is 29.8 Å². The summed E-state index contributed by atoms with van der Waals surface area (Å²) in [5.41, 5.74) is 1.90. The van der Waals surface area contributed by atoms with Gasteiger partial charge in [0.1, 0.15) is 0 Å². The molecule has 0 bridgehead atoms. The van der Waals surface area contributed by atoms with Crippen LogP contribution in [0.3, 0.4) is 0 Å². The minimum atomic E-state index is -1.20. The van der Waals surface area contributed by atoms with Crippen LogP contribution in [0.2, 0.25) is 5.02 Å². The van der Waals surface area contributed by atoms with Gasteiger partial charge in [-0.2, -0.15) is 10.1 Å². The van der Waals surface area contributed by atoms with Gasteiger partial charge in [-0.25, -0.2) is 9.59 Å². The molecule has 0 saturated heterocycles. The second kappa shape index (κ2) is 7.43. The Morgan fingerprint density at radius 3 is 2.77 bits per heavy atom. The van der Waals surface area contributed by atoms with Gasteiger partial charge in [0.15, 0.2) is 11.3 Å². The number of hydrazone groups is 1. The Morgan fingerprint density at radius 2 is 2.07 bits per heavy atom. The van der Waals surface area contributed by atoms with E-state index in [2.05, 4.69) is 5.10 Å². The number of anilines is 1. The highest BCUT2D eigenvalue weighted by atomic mass is 35.5. The summed E-state index contributed by atoms with van der Waals surface area (Å²) < 4.78 is 11.0. The number of hydrogen-bond donors (Lipinski definition) is 1. The molecule has 1 aromatic heterocycles. The number of halogens is 1. The highest BCUT2D eigenvalue weighted by Gasteiger charge is 2.29. The van der Waals surface area contributed by atoms with E-state index in [9.17, 15) is 19.5 Å². The van der Waals surface area contributed by atoms with Crippen molar-refractivity contribution in [3.8, 4) is 5.75 Å². The first-order chi connectivity index (χ1) is 14.3. The van der Waals surface area contributed by atoms with Gasteiger partial charge in [0.25, 0.3) is 5.91 Å². The molecular formula is C20H13ClN2O6S. The third-order valence-corrected chi connectivity index (χ3v) is 5.54. The fourth-order valence-corrected chi connectivity index (χ4v) is 3.97. The van der Waals surface area contributed by atoms with Crippen molar-refractivity contribution in [3.05, 3.63) is 61.8 Å².